The van der Waals surface area contributed by atoms with Crippen LogP contribution < -0.4 is 0 Å². The standard InChI is InChI=1S/C30H52/c1-6-16-26(17-7-1)28(20-10-3-11-21-28)30(24-14-5-15-25-30)29(22-12-4-13-23-29)27-18-8-2-9-19-27/h26-27H,1-25H2. The van der Waals surface area contributed by atoms with Crippen molar-refractivity contribution in [2.75, 3.05) is 0 Å². The van der Waals surface area contributed by atoms with Gasteiger partial charge in [-0.2, -0.15) is 0 Å². The first-order valence-electron chi connectivity index (χ1n) is 14.8. The number of hydrogen-bond acceptors (Lipinski definition) is 0. The van der Waals surface area contributed by atoms with E-state index in [4.69, 9.17) is 0 Å². The van der Waals surface area contributed by atoms with Gasteiger partial charge in [0.25, 0.3) is 0 Å². The minimum Gasteiger partial charge on any atom is -0.0533 e. The molecule has 0 aliphatic heterocycles. The molecule has 5 rings (SSSR count). The van der Waals surface area contributed by atoms with Gasteiger partial charge in [-0.1, -0.05) is 96.3 Å². The van der Waals surface area contributed by atoms with Gasteiger partial charge in [-0.3, -0.25) is 0 Å². The highest BCUT2D eigenvalue weighted by Gasteiger charge is 2.65. The van der Waals surface area contributed by atoms with E-state index in [1.165, 1.54) is 12.8 Å². The van der Waals surface area contributed by atoms with Crippen molar-refractivity contribution in [2.45, 2.75) is 161 Å². The van der Waals surface area contributed by atoms with E-state index in [0.29, 0.717) is 0 Å². The fourth-order valence-electron chi connectivity index (χ4n) is 10.9. The summed E-state index contributed by atoms with van der Waals surface area (Å²) in [7, 11) is 0. The van der Waals surface area contributed by atoms with Crippen LogP contribution in [0.1, 0.15) is 161 Å². The lowest BCUT2D eigenvalue weighted by Crippen LogP contribution is -2.61. The summed E-state index contributed by atoms with van der Waals surface area (Å²) >= 11 is 0. The molecule has 0 heterocycles. The molecule has 0 atom stereocenters. The van der Waals surface area contributed by atoms with Gasteiger partial charge in [-0.15, -0.1) is 0 Å². The Bertz CT molecular complexity index is 472. The van der Waals surface area contributed by atoms with E-state index < -0.39 is 0 Å². The monoisotopic (exact) mass is 412 g/mol. The van der Waals surface area contributed by atoms with Crippen LogP contribution in [0.4, 0.5) is 0 Å². The third-order valence-corrected chi connectivity index (χ3v) is 11.9. The van der Waals surface area contributed by atoms with Gasteiger partial charge in [0.05, 0.1) is 0 Å². The molecule has 5 fully saturated rings. The Kier molecular flexibility index (Phi) is 6.89. The van der Waals surface area contributed by atoms with Gasteiger partial charge >= 0.3 is 0 Å². The van der Waals surface area contributed by atoms with Gasteiger partial charge < -0.3 is 0 Å². The zero-order chi connectivity index (χ0) is 20.3. The smallest absolute Gasteiger partial charge is 0.0179 e. The maximum atomic E-state index is 1.64. The van der Waals surface area contributed by atoms with Gasteiger partial charge in [-0.25, -0.2) is 0 Å². The molecule has 5 saturated carbocycles. The van der Waals surface area contributed by atoms with Gasteiger partial charge in [0.2, 0.25) is 0 Å². The van der Waals surface area contributed by atoms with Crippen molar-refractivity contribution in [1.29, 1.82) is 0 Å². The summed E-state index contributed by atoms with van der Waals surface area (Å²) in [6.07, 6.45) is 39.5. The van der Waals surface area contributed by atoms with Crippen LogP contribution in [0.3, 0.4) is 0 Å². The molecule has 0 amide bonds. The highest BCUT2D eigenvalue weighted by atomic mass is 14.7. The molecule has 5 aliphatic rings. The molecule has 172 valence electrons. The maximum Gasteiger partial charge on any atom is -0.0179 e. The Labute approximate surface area is 188 Å². The average molecular weight is 413 g/mol. The highest BCUT2D eigenvalue weighted by Crippen LogP contribution is 2.74. The van der Waals surface area contributed by atoms with Crippen LogP contribution in [0.2, 0.25) is 0 Å². The predicted molar refractivity (Wildman–Crippen MR) is 130 cm³/mol. The lowest BCUT2D eigenvalue weighted by molar-refractivity contribution is -0.205. The first kappa shape index (κ1) is 21.8. The van der Waals surface area contributed by atoms with Crippen molar-refractivity contribution in [3.05, 3.63) is 0 Å². The van der Waals surface area contributed by atoms with Crippen LogP contribution in [0.15, 0.2) is 0 Å². The average Bonchev–Trinajstić information content (AvgIpc) is 2.86. The topological polar surface area (TPSA) is 0 Å². The van der Waals surface area contributed by atoms with Gasteiger partial charge in [0.15, 0.2) is 0 Å². The fourth-order valence-corrected chi connectivity index (χ4v) is 10.9. The molecule has 5 aliphatic carbocycles. The summed E-state index contributed by atoms with van der Waals surface area (Å²) < 4.78 is 0. The molecule has 0 aromatic carbocycles. The van der Waals surface area contributed by atoms with E-state index in [0.717, 1.165) is 28.1 Å². The van der Waals surface area contributed by atoms with Crippen LogP contribution in [0, 0.1) is 28.1 Å². The van der Waals surface area contributed by atoms with E-state index in [1.807, 2.05) is 0 Å². The normalized spacial score (nSPS) is 33.2. The van der Waals surface area contributed by atoms with Crippen molar-refractivity contribution in [2.24, 2.45) is 28.1 Å². The molecule has 0 aromatic heterocycles. The molecule has 0 bridgehead atoms. The fraction of sp³-hybridized carbons (Fsp3) is 1.00. The van der Waals surface area contributed by atoms with Crippen LogP contribution in [-0.2, 0) is 0 Å². The second kappa shape index (κ2) is 9.47. The van der Waals surface area contributed by atoms with E-state index >= 15 is 0 Å². The molecule has 0 saturated heterocycles. The van der Waals surface area contributed by atoms with Gasteiger partial charge in [0, 0.05) is 0 Å². The predicted octanol–water partition coefficient (Wildman–Crippen LogP) is 10.00. The van der Waals surface area contributed by atoms with Gasteiger partial charge in [0.1, 0.15) is 0 Å². The summed E-state index contributed by atoms with van der Waals surface area (Å²) in [6, 6.07) is 0. The third-order valence-electron chi connectivity index (χ3n) is 11.9. The first-order valence-corrected chi connectivity index (χ1v) is 14.8. The molecule has 30 heavy (non-hydrogen) atoms. The molecule has 0 aromatic rings. The third kappa shape index (κ3) is 3.53. The Morgan fingerprint density at radius 1 is 0.300 bits per heavy atom. The van der Waals surface area contributed by atoms with E-state index in [1.54, 1.807) is 148 Å². The zero-order valence-corrected chi connectivity index (χ0v) is 20.3. The molecule has 0 unspecified atom stereocenters. The summed E-state index contributed by atoms with van der Waals surface area (Å²) in [6.45, 7) is 0. The molecule has 0 radical (unpaired) electrons. The summed E-state index contributed by atoms with van der Waals surface area (Å²) in [4.78, 5) is 0. The molecule has 0 heteroatoms. The Balaban J connectivity index is 1.62. The second-order valence-corrected chi connectivity index (χ2v) is 12.7. The minimum absolute atomic E-state index is 0.725. The van der Waals surface area contributed by atoms with Crippen molar-refractivity contribution in [3.8, 4) is 0 Å². The Hall–Kier alpha value is 0. The minimum atomic E-state index is 0.725. The van der Waals surface area contributed by atoms with E-state index in [2.05, 4.69) is 0 Å². The van der Waals surface area contributed by atoms with Crippen molar-refractivity contribution in [3.63, 3.8) is 0 Å². The molecule has 0 nitrogen and oxygen atoms in total. The lowest BCUT2D eigenvalue weighted by Gasteiger charge is -2.70. The largest absolute Gasteiger partial charge is 0.0533 e. The SMILES string of the molecule is C1CCC(C2(C3(C4(C5CCCCC5)CCCCC4)CCCCC3)CCCCC2)CC1. The van der Waals surface area contributed by atoms with Crippen LogP contribution >= 0.6 is 0 Å². The van der Waals surface area contributed by atoms with Crippen LogP contribution in [0.25, 0.3) is 0 Å². The highest BCUT2D eigenvalue weighted by molar-refractivity contribution is 5.14. The summed E-state index contributed by atoms with van der Waals surface area (Å²) in [5, 5.41) is 0. The Morgan fingerprint density at radius 2 is 0.600 bits per heavy atom. The van der Waals surface area contributed by atoms with Crippen LogP contribution in [0.5, 0.6) is 0 Å². The lowest BCUT2D eigenvalue weighted by atomic mass is 9.35. The van der Waals surface area contributed by atoms with Crippen molar-refractivity contribution < 1.29 is 0 Å². The second-order valence-electron chi connectivity index (χ2n) is 12.7. The molecular formula is C30H52. The van der Waals surface area contributed by atoms with E-state index in [9.17, 15) is 0 Å². The summed E-state index contributed by atoms with van der Waals surface area (Å²) in [5.41, 5.74) is 2.20. The quantitative estimate of drug-likeness (QED) is 0.431. The molecule has 0 spiro atoms. The summed E-state index contributed by atoms with van der Waals surface area (Å²) in [5.74, 6) is 2.18. The zero-order valence-electron chi connectivity index (χ0n) is 20.3. The number of hydrogen-bond donors (Lipinski definition) is 0. The van der Waals surface area contributed by atoms with Crippen LogP contribution in [-0.4, -0.2) is 0 Å². The Morgan fingerprint density at radius 3 is 0.967 bits per heavy atom. The van der Waals surface area contributed by atoms with Gasteiger partial charge in [-0.05, 0) is 92.3 Å². The first-order chi connectivity index (χ1) is 14.8. The van der Waals surface area contributed by atoms with Crippen molar-refractivity contribution >= 4 is 0 Å². The van der Waals surface area contributed by atoms with E-state index in [-0.39, 0.29) is 0 Å². The van der Waals surface area contributed by atoms with Crippen molar-refractivity contribution in [1.82, 2.24) is 0 Å². The number of rotatable bonds is 4. The molecular weight excluding hydrogens is 360 g/mol. The maximum absolute atomic E-state index is 1.64. The molecule has 0 N–H and O–H groups in total.